The highest BCUT2D eigenvalue weighted by Gasteiger charge is 2.10. The number of benzene rings is 2. The number of nitrogens with one attached hydrogen (secondary N) is 1. The standard InChI is InChI=1S/C20H15FN6S/c21-16-8-6-14(7-9-16)19-15(13-27(26-19)11-3-10-22)12-23-25-20-24-17-4-1-2-5-18(17)28-20/h1-2,4-9,12-13H,3,11H2,(H,24,25). The van der Waals surface area contributed by atoms with Gasteiger partial charge in [0.1, 0.15) is 11.5 Å². The molecule has 0 unspecified atom stereocenters. The Balaban J connectivity index is 1.59. The summed E-state index contributed by atoms with van der Waals surface area (Å²) in [6, 6.07) is 16.1. The van der Waals surface area contributed by atoms with Gasteiger partial charge in [-0.1, -0.05) is 23.5 Å². The smallest absolute Gasteiger partial charge is 0.204 e. The Kier molecular flexibility index (Phi) is 5.08. The van der Waals surface area contributed by atoms with E-state index in [9.17, 15) is 4.39 Å². The second-order valence-electron chi connectivity index (χ2n) is 5.97. The molecular weight excluding hydrogens is 375 g/mol. The van der Waals surface area contributed by atoms with E-state index in [-0.39, 0.29) is 5.82 Å². The van der Waals surface area contributed by atoms with Crippen molar-refractivity contribution >= 4 is 32.9 Å². The third-order valence-corrected chi connectivity index (χ3v) is 4.96. The van der Waals surface area contributed by atoms with Gasteiger partial charge in [0.15, 0.2) is 0 Å². The third-order valence-electron chi connectivity index (χ3n) is 4.02. The van der Waals surface area contributed by atoms with E-state index in [1.165, 1.54) is 23.5 Å². The van der Waals surface area contributed by atoms with E-state index in [0.717, 1.165) is 21.3 Å². The van der Waals surface area contributed by atoms with Gasteiger partial charge in [-0.25, -0.2) is 9.37 Å². The normalized spacial score (nSPS) is 11.1. The average molecular weight is 390 g/mol. The van der Waals surface area contributed by atoms with Gasteiger partial charge in [0.25, 0.3) is 0 Å². The molecular formula is C20H15FN6S. The Bertz CT molecular complexity index is 1140. The van der Waals surface area contributed by atoms with Gasteiger partial charge in [-0.15, -0.1) is 0 Å². The van der Waals surface area contributed by atoms with Gasteiger partial charge in [0, 0.05) is 17.3 Å². The SMILES string of the molecule is N#CCCn1cc(C=NNc2nc3ccccc3s2)c(-c2ccc(F)cc2)n1. The number of hydrogen-bond acceptors (Lipinski definition) is 6. The molecule has 0 aliphatic rings. The summed E-state index contributed by atoms with van der Waals surface area (Å²) in [7, 11) is 0. The van der Waals surface area contributed by atoms with Crippen LogP contribution in [-0.4, -0.2) is 21.0 Å². The largest absolute Gasteiger partial charge is 0.270 e. The van der Waals surface area contributed by atoms with Crippen molar-refractivity contribution in [1.29, 1.82) is 5.26 Å². The van der Waals surface area contributed by atoms with Crippen LogP contribution in [0.25, 0.3) is 21.5 Å². The fourth-order valence-corrected chi connectivity index (χ4v) is 3.54. The van der Waals surface area contributed by atoms with Gasteiger partial charge in [-0.05, 0) is 36.4 Å². The summed E-state index contributed by atoms with van der Waals surface area (Å²) < 4.78 is 16.0. The molecule has 0 radical (unpaired) electrons. The minimum Gasteiger partial charge on any atom is -0.270 e. The van der Waals surface area contributed by atoms with Crippen LogP contribution in [0.3, 0.4) is 0 Å². The average Bonchev–Trinajstić information content (AvgIpc) is 3.30. The zero-order valence-electron chi connectivity index (χ0n) is 14.7. The molecule has 0 fully saturated rings. The molecule has 6 nitrogen and oxygen atoms in total. The molecule has 4 aromatic rings. The second-order valence-corrected chi connectivity index (χ2v) is 7.00. The zero-order chi connectivity index (χ0) is 19.3. The highest BCUT2D eigenvalue weighted by molar-refractivity contribution is 7.22. The maximum absolute atomic E-state index is 13.2. The van der Waals surface area contributed by atoms with Crippen LogP contribution in [0, 0.1) is 17.1 Å². The van der Waals surface area contributed by atoms with Crippen LogP contribution in [0.1, 0.15) is 12.0 Å². The highest BCUT2D eigenvalue weighted by Crippen LogP contribution is 2.25. The van der Waals surface area contributed by atoms with Crippen molar-refractivity contribution in [2.45, 2.75) is 13.0 Å². The first-order chi connectivity index (χ1) is 13.7. The Labute approximate surface area is 164 Å². The molecule has 8 heteroatoms. The number of para-hydroxylation sites is 1. The fourth-order valence-electron chi connectivity index (χ4n) is 2.72. The molecule has 0 aliphatic carbocycles. The van der Waals surface area contributed by atoms with E-state index in [4.69, 9.17) is 5.26 Å². The molecule has 0 aliphatic heterocycles. The number of rotatable bonds is 6. The number of fused-ring (bicyclic) bond motifs is 1. The van der Waals surface area contributed by atoms with Crippen LogP contribution in [-0.2, 0) is 6.54 Å². The van der Waals surface area contributed by atoms with E-state index >= 15 is 0 Å². The van der Waals surface area contributed by atoms with Crippen molar-refractivity contribution in [3.05, 3.63) is 66.1 Å². The van der Waals surface area contributed by atoms with Crippen molar-refractivity contribution in [1.82, 2.24) is 14.8 Å². The molecule has 0 bridgehead atoms. The molecule has 1 N–H and O–H groups in total. The third kappa shape index (κ3) is 3.89. The Morgan fingerprint density at radius 1 is 1.21 bits per heavy atom. The first kappa shape index (κ1) is 17.8. The molecule has 138 valence electrons. The van der Waals surface area contributed by atoms with Crippen LogP contribution in [0.4, 0.5) is 9.52 Å². The van der Waals surface area contributed by atoms with Gasteiger partial charge in [-0.2, -0.15) is 15.5 Å². The monoisotopic (exact) mass is 390 g/mol. The number of hydrazone groups is 1. The predicted molar refractivity (Wildman–Crippen MR) is 109 cm³/mol. The van der Waals surface area contributed by atoms with Crippen LogP contribution < -0.4 is 5.43 Å². The van der Waals surface area contributed by atoms with Gasteiger partial charge in [0.2, 0.25) is 5.13 Å². The molecule has 2 aromatic heterocycles. The van der Waals surface area contributed by atoms with E-state index in [0.29, 0.717) is 23.8 Å². The lowest BCUT2D eigenvalue weighted by Crippen LogP contribution is -1.97. The molecule has 0 spiro atoms. The minimum atomic E-state index is -0.305. The number of thiazole rings is 1. The lowest BCUT2D eigenvalue weighted by Gasteiger charge is -1.99. The lowest BCUT2D eigenvalue weighted by atomic mass is 10.1. The second kappa shape index (κ2) is 7.98. The highest BCUT2D eigenvalue weighted by atomic mass is 32.1. The van der Waals surface area contributed by atoms with E-state index < -0.39 is 0 Å². The molecule has 0 amide bonds. The van der Waals surface area contributed by atoms with E-state index in [1.807, 2.05) is 30.5 Å². The molecule has 0 saturated carbocycles. The lowest BCUT2D eigenvalue weighted by molar-refractivity contribution is 0.626. The number of nitrogens with zero attached hydrogens (tertiary/aromatic N) is 5. The molecule has 0 atom stereocenters. The molecule has 28 heavy (non-hydrogen) atoms. The topological polar surface area (TPSA) is 78.9 Å². The summed E-state index contributed by atoms with van der Waals surface area (Å²) in [6.07, 6.45) is 3.82. The van der Waals surface area contributed by atoms with Gasteiger partial charge < -0.3 is 0 Å². The van der Waals surface area contributed by atoms with Crippen molar-refractivity contribution in [2.75, 3.05) is 5.43 Å². The quantitative estimate of drug-likeness (QED) is 0.384. The fraction of sp³-hybridized carbons (Fsp3) is 0.100. The molecule has 4 rings (SSSR count). The van der Waals surface area contributed by atoms with Crippen LogP contribution in [0.5, 0.6) is 0 Å². The van der Waals surface area contributed by atoms with Crippen molar-refractivity contribution < 1.29 is 4.39 Å². The Hall–Kier alpha value is -3.57. The predicted octanol–water partition coefficient (Wildman–Crippen LogP) is 4.66. The van der Waals surface area contributed by atoms with Gasteiger partial charge in [-0.3, -0.25) is 10.1 Å². The number of aromatic nitrogens is 3. The maximum atomic E-state index is 13.2. The Morgan fingerprint density at radius 2 is 2.04 bits per heavy atom. The summed E-state index contributed by atoms with van der Waals surface area (Å²) >= 11 is 1.52. The van der Waals surface area contributed by atoms with Crippen LogP contribution in [0.2, 0.25) is 0 Å². The summed E-state index contributed by atoms with van der Waals surface area (Å²) in [5.74, 6) is -0.305. The summed E-state index contributed by atoms with van der Waals surface area (Å²) in [6.45, 7) is 0.476. The number of halogens is 1. The van der Waals surface area contributed by atoms with Crippen LogP contribution >= 0.6 is 11.3 Å². The van der Waals surface area contributed by atoms with Crippen molar-refractivity contribution in [2.24, 2.45) is 5.10 Å². The van der Waals surface area contributed by atoms with Gasteiger partial charge in [0.05, 0.1) is 35.5 Å². The number of anilines is 1. The molecule has 2 aromatic carbocycles. The first-order valence-electron chi connectivity index (χ1n) is 8.58. The number of aryl methyl sites for hydroxylation is 1. The maximum Gasteiger partial charge on any atom is 0.204 e. The molecule has 2 heterocycles. The Morgan fingerprint density at radius 3 is 2.82 bits per heavy atom. The number of nitriles is 1. The summed E-state index contributed by atoms with van der Waals surface area (Å²) in [5, 5.41) is 18.3. The van der Waals surface area contributed by atoms with E-state index in [1.54, 1.807) is 23.0 Å². The summed E-state index contributed by atoms with van der Waals surface area (Å²) in [4.78, 5) is 4.48. The minimum absolute atomic E-state index is 0.305. The number of hydrogen-bond donors (Lipinski definition) is 1. The van der Waals surface area contributed by atoms with Crippen molar-refractivity contribution in [3.63, 3.8) is 0 Å². The summed E-state index contributed by atoms with van der Waals surface area (Å²) in [5.41, 5.74) is 6.08. The van der Waals surface area contributed by atoms with Gasteiger partial charge >= 0.3 is 0 Å². The van der Waals surface area contributed by atoms with E-state index in [2.05, 4.69) is 26.7 Å². The first-order valence-corrected chi connectivity index (χ1v) is 9.39. The zero-order valence-corrected chi connectivity index (χ0v) is 15.5. The van der Waals surface area contributed by atoms with Crippen molar-refractivity contribution in [3.8, 4) is 17.3 Å². The molecule has 0 saturated heterocycles. The van der Waals surface area contributed by atoms with Crippen LogP contribution in [0.15, 0.2) is 59.8 Å².